The second-order valence-corrected chi connectivity index (χ2v) is 6.78. The fourth-order valence-electron chi connectivity index (χ4n) is 3.19. The number of aryl methyl sites for hydroxylation is 4. The highest BCUT2D eigenvalue weighted by atomic mass is 16.5. The van der Waals surface area contributed by atoms with Gasteiger partial charge in [-0.1, -0.05) is 53.2 Å². The Morgan fingerprint density at radius 3 is 2.21 bits per heavy atom. The quantitative estimate of drug-likeness (QED) is 0.664. The molecule has 0 radical (unpaired) electrons. The van der Waals surface area contributed by atoms with E-state index >= 15 is 0 Å². The number of hydrogen-bond acceptors (Lipinski definition) is 5. The number of benzene rings is 2. The molecule has 0 fully saturated rings. The zero-order chi connectivity index (χ0) is 20.3. The van der Waals surface area contributed by atoms with E-state index in [2.05, 4.69) is 10.5 Å². The van der Waals surface area contributed by atoms with Gasteiger partial charge in [-0.15, -0.1) is 0 Å². The molecule has 6 heteroatoms. The van der Waals surface area contributed by atoms with Crippen LogP contribution in [0.2, 0.25) is 0 Å². The maximum atomic E-state index is 12.9. The van der Waals surface area contributed by atoms with Crippen LogP contribution < -0.4 is 5.32 Å². The second kappa shape index (κ2) is 8.08. The SMILES string of the molecule is Cc1cc(C)c(C(=O)OC(C(=O)Nc2cc(C)on2)c2ccccc2)c(C)c1. The third-order valence-electron chi connectivity index (χ3n) is 4.33. The average molecular weight is 378 g/mol. The summed E-state index contributed by atoms with van der Waals surface area (Å²) < 4.78 is 10.6. The van der Waals surface area contributed by atoms with Gasteiger partial charge in [0.1, 0.15) is 5.76 Å². The van der Waals surface area contributed by atoms with Gasteiger partial charge < -0.3 is 14.6 Å². The summed E-state index contributed by atoms with van der Waals surface area (Å²) in [6.45, 7) is 7.40. The highest BCUT2D eigenvalue weighted by Crippen LogP contribution is 2.24. The minimum atomic E-state index is -1.12. The smallest absolute Gasteiger partial charge is 0.339 e. The lowest BCUT2D eigenvalue weighted by molar-refractivity contribution is -0.125. The molecule has 1 unspecified atom stereocenters. The number of amides is 1. The van der Waals surface area contributed by atoms with Crippen molar-refractivity contribution in [3.63, 3.8) is 0 Å². The van der Waals surface area contributed by atoms with E-state index in [9.17, 15) is 9.59 Å². The Morgan fingerprint density at radius 2 is 1.64 bits per heavy atom. The molecule has 6 nitrogen and oxygen atoms in total. The molecular weight excluding hydrogens is 356 g/mol. The molecule has 1 amide bonds. The molecule has 0 aliphatic rings. The van der Waals surface area contributed by atoms with Gasteiger partial charge in [-0.05, 0) is 38.8 Å². The van der Waals surface area contributed by atoms with Crippen molar-refractivity contribution in [2.24, 2.45) is 0 Å². The van der Waals surface area contributed by atoms with Crippen LogP contribution in [0.3, 0.4) is 0 Å². The molecule has 28 heavy (non-hydrogen) atoms. The summed E-state index contributed by atoms with van der Waals surface area (Å²) in [5.41, 5.74) is 3.71. The van der Waals surface area contributed by atoms with Crippen LogP contribution in [-0.2, 0) is 9.53 Å². The van der Waals surface area contributed by atoms with Crippen LogP contribution in [0.1, 0.15) is 44.5 Å². The number of anilines is 1. The summed E-state index contributed by atoms with van der Waals surface area (Å²) >= 11 is 0. The van der Waals surface area contributed by atoms with Crippen molar-refractivity contribution >= 4 is 17.7 Å². The first-order valence-electron chi connectivity index (χ1n) is 8.93. The van der Waals surface area contributed by atoms with E-state index in [1.54, 1.807) is 37.3 Å². The summed E-state index contributed by atoms with van der Waals surface area (Å²) in [6, 6.07) is 14.3. The maximum Gasteiger partial charge on any atom is 0.339 e. The monoisotopic (exact) mass is 378 g/mol. The van der Waals surface area contributed by atoms with Crippen molar-refractivity contribution in [3.05, 3.63) is 82.1 Å². The standard InChI is InChI=1S/C22H22N2O4/c1-13-10-14(2)19(15(3)11-13)22(26)27-20(17-8-6-5-7-9-17)21(25)23-18-12-16(4)28-24-18/h5-12,20H,1-4H3,(H,23,24,25). The highest BCUT2D eigenvalue weighted by Gasteiger charge is 2.27. The summed E-state index contributed by atoms with van der Waals surface area (Å²) in [7, 11) is 0. The summed E-state index contributed by atoms with van der Waals surface area (Å²) in [6.07, 6.45) is -1.12. The third-order valence-corrected chi connectivity index (χ3v) is 4.33. The first-order chi connectivity index (χ1) is 13.3. The number of carbonyl (C=O) groups excluding carboxylic acids is 2. The number of ether oxygens (including phenoxy) is 1. The lowest BCUT2D eigenvalue weighted by Gasteiger charge is -2.19. The predicted molar refractivity (Wildman–Crippen MR) is 105 cm³/mol. The molecule has 2 aromatic carbocycles. The number of aromatic nitrogens is 1. The minimum Gasteiger partial charge on any atom is -0.444 e. The number of nitrogens with one attached hydrogen (secondary N) is 1. The van der Waals surface area contributed by atoms with E-state index in [1.807, 2.05) is 39.0 Å². The first-order valence-corrected chi connectivity index (χ1v) is 8.93. The fraction of sp³-hybridized carbons (Fsp3) is 0.227. The Hall–Kier alpha value is -3.41. The van der Waals surface area contributed by atoms with Crippen LogP contribution in [0.25, 0.3) is 0 Å². The largest absolute Gasteiger partial charge is 0.444 e. The van der Waals surface area contributed by atoms with Crippen molar-refractivity contribution < 1.29 is 18.8 Å². The lowest BCUT2D eigenvalue weighted by Crippen LogP contribution is -2.26. The Morgan fingerprint density at radius 1 is 1.00 bits per heavy atom. The number of hydrogen-bond donors (Lipinski definition) is 1. The van der Waals surface area contributed by atoms with Gasteiger partial charge in [0.2, 0.25) is 6.10 Å². The molecule has 1 heterocycles. The molecule has 3 aromatic rings. The number of rotatable bonds is 5. The van der Waals surface area contributed by atoms with E-state index in [4.69, 9.17) is 9.26 Å². The zero-order valence-corrected chi connectivity index (χ0v) is 16.3. The Kier molecular flexibility index (Phi) is 5.59. The van der Waals surface area contributed by atoms with E-state index in [0.717, 1.165) is 16.7 Å². The molecule has 0 aliphatic carbocycles. The van der Waals surface area contributed by atoms with Crippen molar-refractivity contribution in [3.8, 4) is 0 Å². The van der Waals surface area contributed by atoms with Crippen LogP contribution in [0.4, 0.5) is 5.82 Å². The van der Waals surface area contributed by atoms with Gasteiger partial charge in [0.25, 0.3) is 5.91 Å². The zero-order valence-electron chi connectivity index (χ0n) is 16.3. The Balaban J connectivity index is 1.89. The number of nitrogens with zero attached hydrogens (tertiary/aromatic N) is 1. The number of carbonyl (C=O) groups is 2. The number of esters is 1. The molecule has 0 spiro atoms. The van der Waals surface area contributed by atoms with Crippen LogP contribution in [-0.4, -0.2) is 17.0 Å². The predicted octanol–water partition coefficient (Wildman–Crippen LogP) is 4.45. The molecule has 0 saturated carbocycles. The molecule has 0 bridgehead atoms. The van der Waals surface area contributed by atoms with Crippen molar-refractivity contribution in [1.82, 2.24) is 5.16 Å². The average Bonchev–Trinajstić information content (AvgIpc) is 3.04. The highest BCUT2D eigenvalue weighted by molar-refractivity contribution is 5.98. The van der Waals surface area contributed by atoms with E-state index in [1.165, 1.54) is 0 Å². The maximum absolute atomic E-state index is 12.9. The normalized spacial score (nSPS) is 11.7. The van der Waals surface area contributed by atoms with Crippen LogP contribution in [0.15, 0.2) is 53.1 Å². The van der Waals surface area contributed by atoms with E-state index in [-0.39, 0.29) is 5.82 Å². The van der Waals surface area contributed by atoms with Gasteiger partial charge in [0, 0.05) is 11.6 Å². The molecule has 1 N–H and O–H groups in total. The van der Waals surface area contributed by atoms with Gasteiger partial charge in [-0.2, -0.15) is 0 Å². The molecule has 0 saturated heterocycles. The fourth-order valence-corrected chi connectivity index (χ4v) is 3.19. The first kappa shape index (κ1) is 19.4. The summed E-state index contributed by atoms with van der Waals surface area (Å²) in [4.78, 5) is 25.7. The van der Waals surface area contributed by atoms with Crippen molar-refractivity contribution in [1.29, 1.82) is 0 Å². The third kappa shape index (κ3) is 4.28. The van der Waals surface area contributed by atoms with Gasteiger partial charge in [-0.3, -0.25) is 4.79 Å². The van der Waals surface area contributed by atoms with Gasteiger partial charge in [0.05, 0.1) is 5.56 Å². The molecule has 1 atom stereocenters. The second-order valence-electron chi connectivity index (χ2n) is 6.78. The van der Waals surface area contributed by atoms with E-state index < -0.39 is 18.0 Å². The van der Waals surface area contributed by atoms with Gasteiger partial charge in [0.15, 0.2) is 5.82 Å². The van der Waals surface area contributed by atoms with E-state index in [0.29, 0.717) is 16.9 Å². The van der Waals surface area contributed by atoms with Crippen LogP contribution in [0, 0.1) is 27.7 Å². The summed E-state index contributed by atoms with van der Waals surface area (Å²) in [5.74, 6) is -0.220. The van der Waals surface area contributed by atoms with Gasteiger partial charge >= 0.3 is 5.97 Å². The lowest BCUT2D eigenvalue weighted by atomic mass is 10.00. The Bertz CT molecular complexity index is 985. The van der Waals surface area contributed by atoms with Gasteiger partial charge in [-0.25, -0.2) is 4.79 Å². The molecule has 3 rings (SSSR count). The molecule has 0 aliphatic heterocycles. The van der Waals surface area contributed by atoms with Crippen molar-refractivity contribution in [2.45, 2.75) is 33.8 Å². The van der Waals surface area contributed by atoms with Crippen LogP contribution >= 0.6 is 0 Å². The Labute approximate surface area is 163 Å². The molecule has 1 aromatic heterocycles. The topological polar surface area (TPSA) is 81.4 Å². The van der Waals surface area contributed by atoms with Crippen molar-refractivity contribution in [2.75, 3.05) is 5.32 Å². The molecular formula is C22H22N2O4. The minimum absolute atomic E-state index is 0.266. The van der Waals surface area contributed by atoms with Crippen LogP contribution in [0.5, 0.6) is 0 Å². The summed E-state index contributed by atoms with van der Waals surface area (Å²) in [5, 5.41) is 6.40. The molecule has 144 valence electrons.